The van der Waals surface area contributed by atoms with Gasteiger partial charge in [0.15, 0.2) is 19.0 Å². The summed E-state index contributed by atoms with van der Waals surface area (Å²) in [5.74, 6) is -1.72. The number of hydrogen-bond donors (Lipinski definition) is 6. The van der Waals surface area contributed by atoms with E-state index in [2.05, 4.69) is 58.9 Å². The fourth-order valence-electron chi connectivity index (χ4n) is 15.7. The van der Waals surface area contributed by atoms with Gasteiger partial charge in [0.05, 0.1) is 69.9 Å². The Balaban J connectivity index is 0.000000231. The summed E-state index contributed by atoms with van der Waals surface area (Å²) in [5.41, 5.74) is 8.33. The molecule has 0 bridgehead atoms. The number of ether oxygens (including phenoxy) is 6. The minimum absolute atomic E-state index is 0.116. The van der Waals surface area contributed by atoms with Crippen molar-refractivity contribution in [3.05, 3.63) is 132 Å². The minimum Gasteiger partial charge on any atom is -0.461 e. The Labute approximate surface area is 682 Å². The van der Waals surface area contributed by atoms with E-state index in [1.165, 1.54) is 38.2 Å². The summed E-state index contributed by atoms with van der Waals surface area (Å²) in [6.07, 6.45) is 5.75. The van der Waals surface area contributed by atoms with Gasteiger partial charge in [0, 0.05) is 48.1 Å². The number of carbonyl (C=O) groups is 12. The van der Waals surface area contributed by atoms with Gasteiger partial charge >= 0.3 is 36.3 Å². The summed E-state index contributed by atoms with van der Waals surface area (Å²) in [6, 6.07) is 20.5. The molecule has 118 heavy (non-hydrogen) atoms. The van der Waals surface area contributed by atoms with Crippen molar-refractivity contribution in [2.75, 3.05) is 67.8 Å². The monoisotopic (exact) mass is 1620 g/mol. The largest absolute Gasteiger partial charge is 0.461 e. The highest BCUT2D eigenvalue weighted by molar-refractivity contribution is 6.11. The zero-order valence-electron chi connectivity index (χ0n) is 68.9. The number of nitrogens with zero attached hydrogens (tertiary/aromatic N) is 6. The lowest BCUT2D eigenvalue weighted by atomic mass is 9.96. The summed E-state index contributed by atoms with van der Waals surface area (Å²) < 4.78 is 41.9. The molecular weight excluding hydrogens is 1520 g/mol. The summed E-state index contributed by atoms with van der Waals surface area (Å²) in [7, 11) is 4.96. The fourth-order valence-corrected chi connectivity index (χ4v) is 15.7. The molecule has 8 amide bonds. The molecule has 4 aliphatic rings. The number of aromatic amines is 2. The number of esters is 2. The van der Waals surface area contributed by atoms with Crippen molar-refractivity contribution < 1.29 is 94.8 Å². The van der Waals surface area contributed by atoms with Gasteiger partial charge in [-0.25, -0.2) is 38.7 Å². The summed E-state index contributed by atoms with van der Waals surface area (Å²) >= 11 is 0. The minimum atomic E-state index is -0.921. The van der Waals surface area contributed by atoms with Crippen LogP contribution in [0.2, 0.25) is 0 Å². The number of aryl methyl sites for hydroxylation is 2. The van der Waals surface area contributed by atoms with E-state index in [0.717, 1.165) is 76.1 Å². The average molecular weight is 1630 g/mol. The fraction of sp³-hybridized carbons (Fsp3) is 0.465. The Kier molecular flexibility index (Phi) is 28.0. The Morgan fingerprint density at radius 2 is 0.771 bits per heavy atom. The number of amides is 8. The van der Waals surface area contributed by atoms with Crippen LogP contribution in [0.25, 0.3) is 66.7 Å². The Bertz CT molecular complexity index is 5040. The number of carbonyl (C=O) groups excluding carboxylic acids is 12. The first kappa shape index (κ1) is 86.5. The van der Waals surface area contributed by atoms with Crippen molar-refractivity contribution in [2.45, 2.75) is 169 Å². The second-order valence-electron chi connectivity index (χ2n) is 31.3. The number of alkyl carbamates (subject to hydrolysis) is 4. The van der Waals surface area contributed by atoms with Crippen LogP contribution in [0.5, 0.6) is 0 Å². The molecule has 4 fully saturated rings. The molecule has 628 valence electrons. The molecule has 4 saturated heterocycles. The molecule has 4 aromatic heterocycles. The van der Waals surface area contributed by atoms with E-state index >= 15 is 0 Å². The maximum absolute atomic E-state index is 13.7. The van der Waals surface area contributed by atoms with Gasteiger partial charge in [-0.2, -0.15) is 0 Å². The van der Waals surface area contributed by atoms with Crippen LogP contribution in [-0.2, 0) is 57.2 Å². The third-order valence-corrected chi connectivity index (χ3v) is 22.0. The Morgan fingerprint density at radius 3 is 1.20 bits per heavy atom. The van der Waals surface area contributed by atoms with Gasteiger partial charge in [0.2, 0.25) is 29.4 Å². The van der Waals surface area contributed by atoms with Crippen molar-refractivity contribution in [1.29, 1.82) is 0 Å². The number of furan rings is 2. The molecule has 32 nitrogen and oxygen atoms in total. The smallest absolute Gasteiger partial charge is 0.407 e. The van der Waals surface area contributed by atoms with Gasteiger partial charge in [-0.05, 0) is 141 Å². The van der Waals surface area contributed by atoms with Crippen LogP contribution in [0.1, 0.15) is 163 Å². The van der Waals surface area contributed by atoms with Gasteiger partial charge in [-0.3, -0.25) is 28.8 Å². The molecular formula is C86H104N12O20. The molecule has 0 radical (unpaired) electrons. The number of benzene rings is 4. The number of ketones is 2. The molecule has 0 saturated carbocycles. The standard InChI is InChI=1S/C43H52N8O7.C43H52N4O13/c1-23(2)35(48-42(54)56-6)40(52)50-18-8-10-33(50)38-44-21-31(46-38)27-14-12-26(13-15-27)28-16-17-29(37-30(28)20-25(5)58-37)32-22-45-39(47-32)34-11-9-19-51(34)41(53)36(24(3)4)49-43(55)57-7;1-23(2)35(44-42(54)56-6)38(50)46-18-8-10-31(46)40(52)58-21-33(48)27-14-12-26(13-15-27)28-16-17-29(37-30(28)20-25(5)60-37)34(49)22-59-41(53)32-11-9-19-47(32)39(51)36(24(3)4)45-43(55)57-7/h12-17,20-24,33-36H,8-11,18-19H2,1-7H3,(H,44,46)(H,45,47)(H,48,54)(H,49,55);12-17,20,23-24,31-32,35-36H,8-11,18-19,21-22H2,1-7H3,(H,44,54)(H,45,55)/t33-,34-,35-,36-;31-,32-,35-,36-/m00/s1. The second kappa shape index (κ2) is 38.1. The number of rotatable bonds is 26. The first-order valence-electron chi connectivity index (χ1n) is 39.8. The topological polar surface area (TPSA) is 405 Å². The first-order valence-corrected chi connectivity index (χ1v) is 39.8. The molecule has 0 unspecified atom stereocenters. The third-order valence-electron chi connectivity index (χ3n) is 22.0. The highest BCUT2D eigenvalue weighted by Crippen LogP contribution is 2.41. The molecule has 8 heterocycles. The maximum Gasteiger partial charge on any atom is 0.407 e. The van der Waals surface area contributed by atoms with E-state index in [1.807, 2.05) is 58.9 Å². The van der Waals surface area contributed by atoms with E-state index in [4.69, 9.17) is 37.7 Å². The molecule has 0 aliphatic carbocycles. The zero-order valence-corrected chi connectivity index (χ0v) is 68.9. The predicted molar refractivity (Wildman–Crippen MR) is 432 cm³/mol. The van der Waals surface area contributed by atoms with Gasteiger partial charge in [0.1, 0.15) is 70.6 Å². The third kappa shape index (κ3) is 19.3. The van der Waals surface area contributed by atoms with Crippen LogP contribution in [0.3, 0.4) is 0 Å². The number of H-pyrrole nitrogens is 2. The van der Waals surface area contributed by atoms with Gasteiger partial charge in [-0.15, -0.1) is 0 Å². The van der Waals surface area contributed by atoms with Gasteiger partial charge in [0.25, 0.3) is 0 Å². The van der Waals surface area contributed by atoms with Crippen molar-refractivity contribution in [2.24, 2.45) is 23.7 Å². The average Bonchev–Trinajstić information content (AvgIpc) is 1.60. The van der Waals surface area contributed by atoms with Crippen LogP contribution in [0, 0.1) is 37.5 Å². The van der Waals surface area contributed by atoms with Crippen molar-refractivity contribution in [3.63, 3.8) is 0 Å². The SMILES string of the molecule is COC(=O)N[C@H](C(=O)N1CCC[C@H]1C(=O)OCC(=O)c1ccc(-c2ccc(C(=O)COC(=O)[C@@H]3CCCN3C(=O)[C@@H](NC(=O)OC)C(C)C)c3oc(C)cc23)cc1)C(C)C.COC(=O)N[C@H](C(=O)N1CCC[C@H]1c1ncc(-c2ccc(-c3ccc(-c4cnc([C@@H]5CCCN5C(=O)[C@@H](NC(=O)OC)C(C)C)[nH]4)c4oc(C)cc34)cc2)[nH]1)C(C)C. The maximum atomic E-state index is 13.7. The summed E-state index contributed by atoms with van der Waals surface area (Å²) in [4.78, 5) is 177. The molecule has 8 aromatic rings. The number of aromatic nitrogens is 4. The number of likely N-dealkylation sites (tertiary alicyclic amines) is 4. The first-order chi connectivity index (χ1) is 56.4. The van der Waals surface area contributed by atoms with E-state index in [9.17, 15) is 57.5 Å². The Morgan fingerprint density at radius 1 is 0.424 bits per heavy atom. The molecule has 32 heteroatoms. The van der Waals surface area contributed by atoms with Gasteiger partial charge < -0.3 is 88.1 Å². The van der Waals surface area contributed by atoms with Crippen LogP contribution in [0.4, 0.5) is 19.2 Å². The molecule has 0 spiro atoms. The summed E-state index contributed by atoms with van der Waals surface area (Å²) in [6.45, 7) is 18.9. The number of fused-ring (bicyclic) bond motifs is 2. The lowest BCUT2D eigenvalue weighted by molar-refractivity contribution is -0.153. The number of methoxy groups -OCH3 is 4. The highest BCUT2D eigenvalue weighted by Gasteiger charge is 2.44. The van der Waals surface area contributed by atoms with Crippen LogP contribution >= 0.6 is 0 Å². The van der Waals surface area contributed by atoms with Crippen molar-refractivity contribution in [3.8, 4) is 44.8 Å². The van der Waals surface area contributed by atoms with Crippen LogP contribution in [0.15, 0.2) is 106 Å². The quantitative estimate of drug-likeness (QED) is 0.0167. The number of imidazole rings is 2. The molecule has 12 rings (SSSR count). The van der Waals surface area contributed by atoms with Crippen LogP contribution in [-0.4, -0.2) is 215 Å². The lowest BCUT2D eigenvalue weighted by Gasteiger charge is -2.30. The number of nitrogens with one attached hydrogen (secondary N) is 6. The molecule has 8 atom stereocenters. The van der Waals surface area contributed by atoms with Gasteiger partial charge in [-0.1, -0.05) is 116 Å². The summed E-state index contributed by atoms with van der Waals surface area (Å²) in [5, 5.41) is 12.0. The zero-order chi connectivity index (χ0) is 85.1. The molecule has 4 aromatic carbocycles. The number of hydrogen-bond acceptors (Lipinski definition) is 22. The van der Waals surface area contributed by atoms with Crippen molar-refractivity contribution >= 4 is 93.4 Å². The van der Waals surface area contributed by atoms with Crippen LogP contribution < -0.4 is 21.3 Å². The molecule has 6 N–H and O–H groups in total. The van der Waals surface area contributed by atoms with E-state index < -0.39 is 109 Å². The van der Waals surface area contributed by atoms with E-state index in [0.29, 0.717) is 79.2 Å². The van der Waals surface area contributed by atoms with Crippen molar-refractivity contribution in [1.82, 2.24) is 60.8 Å². The van der Waals surface area contributed by atoms with E-state index in [1.54, 1.807) is 99.3 Å². The predicted octanol–water partition coefficient (Wildman–Crippen LogP) is 11.9. The lowest BCUT2D eigenvalue weighted by Crippen LogP contribution is -2.54. The second-order valence-corrected chi connectivity index (χ2v) is 31.3. The Hall–Kier alpha value is -12.4. The highest BCUT2D eigenvalue weighted by atomic mass is 16.6. The normalized spacial score (nSPS) is 17.6. The molecule has 4 aliphatic heterocycles. The number of Topliss-reactive ketones (excluding diaryl/α,β-unsaturated/α-hetero) is 2. The van der Waals surface area contributed by atoms with E-state index in [-0.39, 0.29) is 70.8 Å².